The van der Waals surface area contributed by atoms with Crippen LogP contribution in [0.5, 0.6) is 0 Å². The van der Waals surface area contributed by atoms with Crippen molar-refractivity contribution >= 4 is 5.43 Å². The van der Waals surface area contributed by atoms with Crippen molar-refractivity contribution in [2.24, 2.45) is 0 Å². The van der Waals surface area contributed by atoms with Crippen molar-refractivity contribution in [3.05, 3.63) is 79.2 Å². The number of hydrogen-bond acceptors (Lipinski definition) is 0. The van der Waals surface area contributed by atoms with Crippen LogP contribution < -0.4 is 24.8 Å². The van der Waals surface area contributed by atoms with Gasteiger partial charge in [-0.15, -0.1) is 0 Å². The number of fused-ring (bicyclic) bond motifs is 3. The van der Waals surface area contributed by atoms with E-state index in [-0.39, 0.29) is 41.1 Å². The molecule has 194 valence electrons. The molecule has 4 heteroatoms. The number of allylic oxidation sites excluding steroid dienone is 4. The van der Waals surface area contributed by atoms with E-state index >= 15 is 0 Å². The number of benzene rings is 2. The molecule has 0 N–H and O–H groups in total. The molecule has 0 saturated heterocycles. The van der Waals surface area contributed by atoms with Crippen LogP contribution in [0.15, 0.2) is 56.9 Å². The third kappa shape index (κ3) is 5.78. The van der Waals surface area contributed by atoms with Gasteiger partial charge in [-0.25, -0.2) is 0 Å². The Morgan fingerprint density at radius 2 is 1.25 bits per heavy atom. The van der Waals surface area contributed by atoms with E-state index in [1.54, 1.807) is 22.3 Å². The van der Waals surface area contributed by atoms with Gasteiger partial charge in [-0.1, -0.05) is 0 Å². The monoisotopic (exact) mass is 616 g/mol. The summed E-state index contributed by atoms with van der Waals surface area (Å²) >= 11 is -2.01. The molecule has 0 aliphatic heterocycles. The van der Waals surface area contributed by atoms with E-state index in [9.17, 15) is 0 Å². The Hall–Kier alpha value is -0.400. The molecule has 0 fully saturated rings. The minimum absolute atomic E-state index is 0. The second kappa shape index (κ2) is 11.8. The third-order valence-electron chi connectivity index (χ3n) is 7.94. The summed E-state index contributed by atoms with van der Waals surface area (Å²) in [6.45, 7) is 24.2. The molecule has 0 aromatic heterocycles. The number of rotatable bonds is 4. The first-order chi connectivity index (χ1) is 15.9. The first-order valence-corrected chi connectivity index (χ1v) is 22.1. The van der Waals surface area contributed by atoms with Crippen LogP contribution in [0.2, 0.25) is 13.1 Å². The van der Waals surface area contributed by atoms with Crippen molar-refractivity contribution in [2.75, 3.05) is 0 Å². The summed E-state index contributed by atoms with van der Waals surface area (Å²) < 4.78 is 2.62. The molecule has 2 aromatic carbocycles. The summed E-state index contributed by atoms with van der Waals surface area (Å²) in [5.74, 6) is 0. The van der Waals surface area contributed by atoms with Gasteiger partial charge in [0.2, 0.25) is 0 Å². The van der Waals surface area contributed by atoms with Crippen LogP contribution >= 0.6 is 0 Å². The fourth-order valence-corrected chi connectivity index (χ4v) is 25.2. The Bertz CT molecular complexity index is 1170. The quantitative estimate of drug-likeness (QED) is 0.460. The summed E-state index contributed by atoms with van der Waals surface area (Å²) in [5, 5.41) is 0. The van der Waals surface area contributed by atoms with E-state index in [2.05, 4.69) is 111 Å². The molecule has 0 amide bonds. The maximum absolute atomic E-state index is 2.64. The number of hydrogen-bond donors (Lipinski definition) is 0. The Morgan fingerprint density at radius 3 is 1.61 bits per heavy atom. The molecule has 0 nitrogen and oxygen atoms in total. The van der Waals surface area contributed by atoms with E-state index < -0.39 is 20.4 Å². The van der Waals surface area contributed by atoms with E-state index in [1.165, 1.54) is 41.5 Å². The van der Waals surface area contributed by atoms with Crippen molar-refractivity contribution in [3.8, 4) is 11.1 Å². The molecule has 0 unspecified atom stereocenters. The van der Waals surface area contributed by atoms with Crippen LogP contribution in [0, 0.1) is 0 Å². The first-order valence-electron chi connectivity index (χ1n) is 13.3. The van der Waals surface area contributed by atoms with Crippen molar-refractivity contribution < 1.29 is 45.2 Å². The molecule has 2 aliphatic carbocycles. The largest absolute Gasteiger partial charge is 1.00 e. The fourth-order valence-electron chi connectivity index (χ4n) is 6.01. The van der Waals surface area contributed by atoms with Gasteiger partial charge in [0, 0.05) is 0 Å². The summed E-state index contributed by atoms with van der Waals surface area (Å²) in [6, 6.07) is 15.0. The van der Waals surface area contributed by atoms with Crippen molar-refractivity contribution in [2.45, 2.75) is 102 Å². The van der Waals surface area contributed by atoms with E-state index in [1.807, 2.05) is 3.28 Å². The summed E-state index contributed by atoms with van der Waals surface area (Å²) in [6.07, 6.45) is 6.24. The molecule has 0 heterocycles. The van der Waals surface area contributed by atoms with Crippen LogP contribution in [0.25, 0.3) is 11.1 Å². The first kappa shape index (κ1) is 31.8. The molecular formula is C32H44Cl2SiZr. The van der Waals surface area contributed by atoms with Gasteiger partial charge in [-0.05, 0) is 0 Å². The zero-order valence-corrected chi connectivity index (χ0v) is 29.0. The Labute approximate surface area is 241 Å². The average Bonchev–Trinajstić information content (AvgIpc) is 3.31. The molecule has 36 heavy (non-hydrogen) atoms. The predicted molar refractivity (Wildman–Crippen MR) is 149 cm³/mol. The minimum Gasteiger partial charge on any atom is -1.00 e. The Morgan fingerprint density at radius 1 is 0.778 bits per heavy atom. The van der Waals surface area contributed by atoms with Gasteiger partial charge in [0.1, 0.15) is 0 Å². The second-order valence-corrected chi connectivity index (χ2v) is 30.0. The second-order valence-electron chi connectivity index (χ2n) is 12.5. The molecule has 0 spiro atoms. The molecular weight excluding hydrogens is 575 g/mol. The standard InChI is InChI=1S/C21H25.C9H13.C2H6Si.2ClH.Zr/c1-20(2,3)16-7-9-18-14(12-16)11-15-13-17(21(4,5)6)8-10-19(15)18;1-3-8-6-5-7-9(8)4-2;1-3-2;;;/h7-13H,1-6H3;6H,3-5H2,1-2H3;1-2H3;2*1H;/q;;;;;+2/p-2. The minimum atomic E-state index is -2.01. The fraction of sp³-hybridized carbons (Fsp3) is 0.500. The van der Waals surface area contributed by atoms with Gasteiger partial charge in [-0.2, -0.15) is 0 Å². The van der Waals surface area contributed by atoms with E-state index in [4.69, 9.17) is 0 Å². The van der Waals surface area contributed by atoms with Gasteiger partial charge in [0.25, 0.3) is 0 Å². The molecule has 4 rings (SSSR count). The topological polar surface area (TPSA) is 0 Å². The maximum atomic E-state index is 2.64. The van der Waals surface area contributed by atoms with Gasteiger partial charge in [0.15, 0.2) is 0 Å². The van der Waals surface area contributed by atoms with Crippen LogP contribution in [0.1, 0.15) is 101 Å². The Balaban J connectivity index is 0.00000228. The average molecular weight is 619 g/mol. The smallest absolute Gasteiger partial charge is 1.00 e. The molecule has 0 atom stereocenters. The molecule has 2 aromatic rings. The molecule has 0 radical (unpaired) electrons. The molecule has 0 saturated carbocycles. The SMILES string of the molecule is CCC1=CC[C]([Zr+2]([CH]2c3cc(C(C)(C)C)ccc3-c3ccc(C(C)(C)C)cc32)=[Si](C)C)=C1CC.[Cl-].[Cl-]. The summed E-state index contributed by atoms with van der Waals surface area (Å²) in [7, 11) is 0. The normalized spacial score (nSPS) is 14.9. The van der Waals surface area contributed by atoms with Crippen molar-refractivity contribution in [1.29, 1.82) is 0 Å². The van der Waals surface area contributed by atoms with Crippen LogP contribution in [-0.4, -0.2) is 5.43 Å². The van der Waals surface area contributed by atoms with Crippen LogP contribution in [0.3, 0.4) is 0 Å². The molecule has 2 aliphatic rings. The van der Waals surface area contributed by atoms with Gasteiger partial charge >= 0.3 is 218 Å². The summed E-state index contributed by atoms with van der Waals surface area (Å²) in [4.78, 5) is 0. The zero-order valence-electron chi connectivity index (χ0n) is 24.0. The van der Waals surface area contributed by atoms with Crippen LogP contribution in [-0.2, 0) is 31.2 Å². The van der Waals surface area contributed by atoms with E-state index in [0.717, 1.165) is 0 Å². The third-order valence-corrected chi connectivity index (χ3v) is 26.2. The maximum Gasteiger partial charge on any atom is -1.00 e. The predicted octanol–water partition coefficient (Wildman–Crippen LogP) is 3.63. The van der Waals surface area contributed by atoms with Gasteiger partial charge in [-0.3, -0.25) is 0 Å². The zero-order chi connectivity index (χ0) is 25.0. The Kier molecular flexibility index (Phi) is 10.4. The van der Waals surface area contributed by atoms with Crippen LogP contribution in [0.4, 0.5) is 0 Å². The van der Waals surface area contributed by atoms with Gasteiger partial charge in [0.05, 0.1) is 0 Å². The summed E-state index contributed by atoms with van der Waals surface area (Å²) in [5.41, 5.74) is 12.8. The van der Waals surface area contributed by atoms with Gasteiger partial charge < -0.3 is 24.8 Å². The van der Waals surface area contributed by atoms with Crippen molar-refractivity contribution in [3.63, 3.8) is 0 Å². The van der Waals surface area contributed by atoms with E-state index in [0.29, 0.717) is 3.63 Å². The molecule has 0 bridgehead atoms. The van der Waals surface area contributed by atoms with Crippen molar-refractivity contribution in [1.82, 2.24) is 0 Å². The number of halogens is 2.